The lowest BCUT2D eigenvalue weighted by Crippen LogP contribution is -2.07. The van der Waals surface area contributed by atoms with Gasteiger partial charge in [0.2, 0.25) is 0 Å². The summed E-state index contributed by atoms with van der Waals surface area (Å²) in [6.45, 7) is 0. The predicted molar refractivity (Wildman–Crippen MR) is 123 cm³/mol. The van der Waals surface area contributed by atoms with E-state index in [1.54, 1.807) is 24.3 Å². The van der Waals surface area contributed by atoms with Crippen LogP contribution in [0.25, 0.3) is 0 Å². The maximum Gasteiger partial charge on any atom is 0.127 e. The number of nitrogens with two attached hydrogens (primary N) is 2. The maximum atomic E-state index is 5.58. The Kier molecular flexibility index (Phi) is 7.54. The number of rotatable bonds is 6. The van der Waals surface area contributed by atoms with Crippen molar-refractivity contribution in [1.82, 2.24) is 0 Å². The van der Waals surface area contributed by atoms with E-state index in [2.05, 4.69) is 11.0 Å². The summed E-state index contributed by atoms with van der Waals surface area (Å²) in [7, 11) is 0. The van der Waals surface area contributed by atoms with E-state index in [-0.39, 0.29) is 0 Å². The molecule has 6 N–H and O–H groups in total. The summed E-state index contributed by atoms with van der Waals surface area (Å²) in [5.74, 6) is 1.52. The zero-order valence-corrected chi connectivity index (χ0v) is 16.4. The highest BCUT2D eigenvalue weighted by molar-refractivity contribution is 5.46. The fraction of sp³-hybridized carbons (Fsp3) is 0. The van der Waals surface area contributed by atoms with E-state index in [0.29, 0.717) is 0 Å². The van der Waals surface area contributed by atoms with Crippen molar-refractivity contribution in [1.29, 1.82) is 0 Å². The molecule has 0 saturated heterocycles. The van der Waals surface area contributed by atoms with Crippen LogP contribution >= 0.6 is 0 Å². The van der Waals surface area contributed by atoms with E-state index in [1.165, 1.54) is 0 Å². The second-order valence-corrected chi connectivity index (χ2v) is 6.28. The van der Waals surface area contributed by atoms with Gasteiger partial charge in [0, 0.05) is 11.4 Å². The van der Waals surface area contributed by atoms with Crippen molar-refractivity contribution in [3.8, 4) is 11.5 Å². The molecule has 6 heteroatoms. The van der Waals surface area contributed by atoms with E-state index in [0.717, 1.165) is 34.2 Å². The average Bonchev–Trinajstić information content (AvgIpc) is 2.79. The summed E-state index contributed by atoms with van der Waals surface area (Å²) in [6, 6.07) is 33.8. The van der Waals surface area contributed by atoms with Crippen molar-refractivity contribution in [3.05, 3.63) is 109 Å². The molecule has 0 saturated carbocycles. The van der Waals surface area contributed by atoms with Gasteiger partial charge in [-0.25, -0.2) is 11.0 Å². The summed E-state index contributed by atoms with van der Waals surface area (Å²) in [5.41, 5.74) is 20.0. The Morgan fingerprint density at radius 1 is 0.467 bits per heavy atom. The highest BCUT2D eigenvalue weighted by Crippen LogP contribution is 2.22. The monoisotopic (exact) mass is 400 g/mol. The lowest BCUT2D eigenvalue weighted by molar-refractivity contribution is 0.264. The molecule has 6 nitrogen and oxygen atoms in total. The van der Waals surface area contributed by atoms with Crippen LogP contribution in [0.5, 0.6) is 11.5 Å². The highest BCUT2D eigenvalue weighted by atomic mass is 16.8. The van der Waals surface area contributed by atoms with Gasteiger partial charge in [-0.15, -0.1) is 0 Å². The van der Waals surface area contributed by atoms with E-state index >= 15 is 0 Å². The van der Waals surface area contributed by atoms with Crippen molar-refractivity contribution >= 4 is 22.7 Å². The van der Waals surface area contributed by atoms with Gasteiger partial charge in [-0.05, 0) is 72.8 Å². The summed E-state index contributed by atoms with van der Waals surface area (Å²) in [5, 5.41) is 0. The van der Waals surface area contributed by atoms with Crippen LogP contribution in [0.15, 0.2) is 109 Å². The number of hydrogen-bond acceptors (Lipinski definition) is 6. The summed E-state index contributed by atoms with van der Waals surface area (Å²) in [4.78, 5) is 5.11. The number of nitrogen functional groups attached to an aromatic ring is 2. The van der Waals surface area contributed by atoms with E-state index in [1.807, 2.05) is 84.9 Å². The quantitative estimate of drug-likeness (QED) is 0.245. The standard InChI is InChI=1S/2C12H12N2O/c13-9-1-5-11(6-2-9)15-12-7-3-10(14)4-8-12;1-3-7-11(8-4-1)13-15-14-12-9-5-2-6-10-12/h1-8H,13-14H2;1-10,13-14H. The van der Waals surface area contributed by atoms with E-state index in [9.17, 15) is 0 Å². The average molecular weight is 400 g/mol. The molecule has 152 valence electrons. The molecule has 0 spiro atoms. The number of anilines is 4. The third kappa shape index (κ3) is 7.10. The van der Waals surface area contributed by atoms with Gasteiger partial charge >= 0.3 is 0 Å². The molecule has 0 aliphatic carbocycles. The summed E-state index contributed by atoms with van der Waals surface area (Å²) >= 11 is 0. The summed E-state index contributed by atoms with van der Waals surface area (Å²) in [6.07, 6.45) is 0. The minimum Gasteiger partial charge on any atom is -0.457 e. The molecule has 0 heterocycles. The molecule has 0 aliphatic heterocycles. The van der Waals surface area contributed by atoms with Gasteiger partial charge in [0.1, 0.15) is 11.5 Å². The highest BCUT2D eigenvalue weighted by Gasteiger charge is 1.96. The molecule has 0 radical (unpaired) electrons. The fourth-order valence-corrected chi connectivity index (χ4v) is 2.36. The molecule has 0 atom stereocenters. The van der Waals surface area contributed by atoms with Crippen LogP contribution in [-0.4, -0.2) is 0 Å². The molecule has 0 fully saturated rings. The lowest BCUT2D eigenvalue weighted by Gasteiger charge is -2.07. The van der Waals surface area contributed by atoms with Gasteiger partial charge in [0.25, 0.3) is 0 Å². The van der Waals surface area contributed by atoms with Crippen LogP contribution in [0.1, 0.15) is 0 Å². The van der Waals surface area contributed by atoms with Gasteiger partial charge in [-0.3, -0.25) is 0 Å². The van der Waals surface area contributed by atoms with Crippen LogP contribution in [0.3, 0.4) is 0 Å². The third-order valence-electron chi connectivity index (χ3n) is 3.88. The fourth-order valence-electron chi connectivity index (χ4n) is 2.36. The zero-order chi connectivity index (χ0) is 21.0. The van der Waals surface area contributed by atoms with Crippen molar-refractivity contribution in [2.45, 2.75) is 0 Å². The molecule has 4 aromatic carbocycles. The molecular formula is C24H24N4O2. The Labute approximate surface area is 176 Å². The Hall–Kier alpha value is -4.16. The van der Waals surface area contributed by atoms with Crippen LogP contribution in [0.4, 0.5) is 22.7 Å². The third-order valence-corrected chi connectivity index (χ3v) is 3.88. The van der Waals surface area contributed by atoms with Gasteiger partial charge < -0.3 is 16.2 Å². The predicted octanol–water partition coefficient (Wildman–Crippen LogP) is 5.70. The number of benzene rings is 4. The largest absolute Gasteiger partial charge is 0.457 e. The van der Waals surface area contributed by atoms with E-state index in [4.69, 9.17) is 21.1 Å². The Balaban J connectivity index is 0.000000171. The Morgan fingerprint density at radius 3 is 1.20 bits per heavy atom. The van der Waals surface area contributed by atoms with Gasteiger partial charge in [0.15, 0.2) is 0 Å². The molecule has 0 amide bonds. The van der Waals surface area contributed by atoms with Crippen LogP contribution < -0.4 is 27.2 Å². The first-order valence-electron chi connectivity index (χ1n) is 9.36. The van der Waals surface area contributed by atoms with Gasteiger partial charge in [0.05, 0.1) is 11.4 Å². The number of hydrogen-bond donors (Lipinski definition) is 4. The number of nitrogens with one attached hydrogen (secondary N) is 2. The first kappa shape index (κ1) is 20.6. The molecule has 0 aromatic heterocycles. The SMILES string of the molecule is Nc1ccc(Oc2ccc(N)cc2)cc1.c1ccc(NONc2ccccc2)cc1. The van der Waals surface area contributed by atoms with Gasteiger partial charge in [-0.1, -0.05) is 36.4 Å². The minimum atomic E-state index is 0.722. The minimum absolute atomic E-state index is 0.722. The summed E-state index contributed by atoms with van der Waals surface area (Å²) < 4.78 is 5.58. The normalized spacial score (nSPS) is 9.73. The van der Waals surface area contributed by atoms with Crippen molar-refractivity contribution in [3.63, 3.8) is 0 Å². The molecule has 4 aromatic rings. The molecule has 0 aliphatic rings. The van der Waals surface area contributed by atoms with Crippen LogP contribution in [0, 0.1) is 0 Å². The molecule has 0 bridgehead atoms. The first-order valence-corrected chi connectivity index (χ1v) is 9.36. The second-order valence-electron chi connectivity index (χ2n) is 6.28. The van der Waals surface area contributed by atoms with Gasteiger partial charge in [-0.2, -0.15) is 4.94 Å². The van der Waals surface area contributed by atoms with Crippen LogP contribution in [0.2, 0.25) is 0 Å². The lowest BCUT2D eigenvalue weighted by atomic mass is 10.3. The first-order chi connectivity index (χ1) is 14.7. The van der Waals surface area contributed by atoms with Crippen LogP contribution in [-0.2, 0) is 4.94 Å². The van der Waals surface area contributed by atoms with Crippen molar-refractivity contribution in [2.75, 3.05) is 22.4 Å². The molecule has 4 rings (SSSR count). The zero-order valence-electron chi connectivity index (χ0n) is 16.4. The van der Waals surface area contributed by atoms with E-state index < -0.39 is 0 Å². The van der Waals surface area contributed by atoms with Crippen molar-refractivity contribution in [2.24, 2.45) is 0 Å². The topological polar surface area (TPSA) is 94.6 Å². The molecule has 30 heavy (non-hydrogen) atoms. The molecular weight excluding hydrogens is 376 g/mol. The second kappa shape index (κ2) is 11.0. The van der Waals surface area contributed by atoms with Crippen molar-refractivity contribution < 1.29 is 9.68 Å². The Bertz CT molecular complexity index is 910. The number of para-hydroxylation sites is 2. The Morgan fingerprint density at radius 2 is 0.833 bits per heavy atom. The number of ether oxygens (including phenoxy) is 1. The smallest absolute Gasteiger partial charge is 0.127 e. The maximum absolute atomic E-state index is 5.58. The molecule has 0 unspecified atom stereocenters.